The van der Waals surface area contributed by atoms with E-state index in [0.717, 1.165) is 28.9 Å². The van der Waals surface area contributed by atoms with Gasteiger partial charge < -0.3 is 15.2 Å². The van der Waals surface area contributed by atoms with Crippen LogP contribution in [0.15, 0.2) is 35.1 Å². The maximum Gasteiger partial charge on any atom is 0.416 e. The van der Waals surface area contributed by atoms with E-state index >= 15 is 0 Å². The Bertz CT molecular complexity index is 956. The number of methoxy groups -OCH3 is 1. The molecule has 0 saturated carbocycles. The van der Waals surface area contributed by atoms with Gasteiger partial charge in [-0.1, -0.05) is 6.07 Å². The summed E-state index contributed by atoms with van der Waals surface area (Å²) < 4.78 is 44.5. The Kier molecular flexibility index (Phi) is 6.19. The molecule has 1 unspecified atom stereocenters. The van der Waals surface area contributed by atoms with Crippen LogP contribution in [0.2, 0.25) is 0 Å². The van der Waals surface area contributed by atoms with Crippen LogP contribution in [0.25, 0.3) is 5.69 Å². The number of nitrogens with zero attached hydrogens (tertiary/aromatic N) is 2. The average Bonchev–Trinajstić information content (AvgIpc) is 2.60. The van der Waals surface area contributed by atoms with E-state index in [1.165, 1.54) is 20.1 Å². The van der Waals surface area contributed by atoms with E-state index in [0.29, 0.717) is 0 Å². The molecule has 0 fully saturated rings. The number of hydrogen-bond acceptors (Lipinski definition) is 5. The third kappa shape index (κ3) is 4.74. The molecule has 1 aromatic heterocycles. The zero-order valence-corrected chi connectivity index (χ0v) is 14.8. The first-order valence-corrected chi connectivity index (χ1v) is 7.85. The number of hydrogen-bond donors (Lipinski definition) is 2. The second kappa shape index (κ2) is 8.21. The Balaban J connectivity index is 2.47. The molecule has 11 heteroatoms. The molecule has 1 heterocycles. The van der Waals surface area contributed by atoms with Gasteiger partial charge in [0.1, 0.15) is 0 Å². The van der Waals surface area contributed by atoms with Crippen molar-refractivity contribution < 1.29 is 32.6 Å². The number of ether oxygens (including phenoxy) is 1. The molecule has 0 aliphatic heterocycles. The lowest BCUT2D eigenvalue weighted by molar-refractivity contribution is -0.140. The molecule has 1 amide bonds. The van der Waals surface area contributed by atoms with Gasteiger partial charge in [0, 0.05) is 18.9 Å². The minimum absolute atomic E-state index is 0.0203. The number of benzene rings is 1. The number of aryl methyl sites for hydroxylation is 1. The van der Waals surface area contributed by atoms with Crippen LogP contribution in [-0.2, 0) is 15.7 Å². The minimum Gasteiger partial charge on any atom is -0.480 e. The highest BCUT2D eigenvalue weighted by Gasteiger charge is 2.31. The number of carbonyl (C=O) groups is 2. The van der Waals surface area contributed by atoms with Gasteiger partial charge in [-0.15, -0.1) is 0 Å². The molecule has 1 aromatic carbocycles. The first-order valence-electron chi connectivity index (χ1n) is 7.85. The molecule has 0 saturated heterocycles. The van der Waals surface area contributed by atoms with E-state index in [-0.39, 0.29) is 18.0 Å². The maximum atomic E-state index is 12.9. The Hall–Kier alpha value is -3.21. The highest BCUT2D eigenvalue weighted by atomic mass is 19.4. The first-order chi connectivity index (χ1) is 13.0. The van der Waals surface area contributed by atoms with Crippen LogP contribution in [0.1, 0.15) is 21.7 Å². The summed E-state index contributed by atoms with van der Waals surface area (Å²) in [4.78, 5) is 35.5. The fourth-order valence-electron chi connectivity index (χ4n) is 2.35. The molecular weight excluding hydrogens is 383 g/mol. The van der Waals surface area contributed by atoms with Gasteiger partial charge in [0.05, 0.1) is 17.9 Å². The topological polar surface area (TPSA) is 111 Å². The molecule has 0 aliphatic rings. The van der Waals surface area contributed by atoms with Gasteiger partial charge in [0.2, 0.25) is 5.43 Å². The van der Waals surface area contributed by atoms with Crippen LogP contribution in [0.5, 0.6) is 0 Å². The lowest BCUT2D eigenvalue weighted by Crippen LogP contribution is -2.45. The van der Waals surface area contributed by atoms with Gasteiger partial charge in [0.25, 0.3) is 5.91 Å². The monoisotopic (exact) mass is 399 g/mol. The van der Waals surface area contributed by atoms with Crippen molar-refractivity contribution in [3.63, 3.8) is 0 Å². The van der Waals surface area contributed by atoms with Crippen molar-refractivity contribution in [2.24, 2.45) is 0 Å². The summed E-state index contributed by atoms with van der Waals surface area (Å²) in [6, 6.07) is 3.77. The SMILES string of the molecule is COCC(NC(=O)c1nn(-c2cccc(C(F)(F)F)c2)c(C)cc1=O)C(=O)O. The van der Waals surface area contributed by atoms with E-state index in [1.54, 1.807) is 0 Å². The standard InChI is InChI=1S/C17H16F3N3O5/c1-9-6-13(24)14(15(25)21-12(8-28-2)16(26)27)22-23(9)11-5-3-4-10(7-11)17(18,19)20/h3-7,12H,8H2,1-2H3,(H,21,25)(H,26,27). The molecule has 2 rings (SSSR count). The fraction of sp³-hybridized carbons (Fsp3) is 0.294. The molecule has 2 N–H and O–H groups in total. The molecule has 0 bridgehead atoms. The number of nitrogens with one attached hydrogen (secondary N) is 1. The fourth-order valence-corrected chi connectivity index (χ4v) is 2.35. The van der Waals surface area contributed by atoms with Gasteiger partial charge in [-0.2, -0.15) is 18.3 Å². The van der Waals surface area contributed by atoms with E-state index in [4.69, 9.17) is 5.11 Å². The second-order valence-corrected chi connectivity index (χ2v) is 5.78. The molecular formula is C17H16F3N3O5. The Labute approximate surface area is 156 Å². The Morgan fingerprint density at radius 1 is 1.32 bits per heavy atom. The van der Waals surface area contributed by atoms with E-state index in [9.17, 15) is 27.6 Å². The first kappa shape index (κ1) is 21.1. The molecule has 150 valence electrons. The summed E-state index contributed by atoms with van der Waals surface area (Å²) in [7, 11) is 1.23. The van der Waals surface area contributed by atoms with Crippen LogP contribution >= 0.6 is 0 Å². The number of alkyl halides is 3. The third-order valence-corrected chi connectivity index (χ3v) is 3.68. The minimum atomic E-state index is -4.59. The van der Waals surface area contributed by atoms with Crippen LogP contribution < -0.4 is 10.7 Å². The van der Waals surface area contributed by atoms with Crippen LogP contribution in [0.3, 0.4) is 0 Å². The second-order valence-electron chi connectivity index (χ2n) is 5.78. The zero-order chi connectivity index (χ0) is 21.1. The Morgan fingerprint density at radius 3 is 2.57 bits per heavy atom. The van der Waals surface area contributed by atoms with Gasteiger partial charge in [0.15, 0.2) is 11.7 Å². The van der Waals surface area contributed by atoms with E-state index in [1.807, 2.05) is 0 Å². The number of rotatable bonds is 6. The van der Waals surface area contributed by atoms with Gasteiger partial charge in [-0.3, -0.25) is 9.59 Å². The highest BCUT2D eigenvalue weighted by molar-refractivity contribution is 5.94. The third-order valence-electron chi connectivity index (χ3n) is 3.68. The van der Waals surface area contributed by atoms with Crippen molar-refractivity contribution in [2.45, 2.75) is 19.1 Å². The number of halogens is 3. The number of carboxylic acids is 1. The molecule has 1 atom stereocenters. The number of carbonyl (C=O) groups excluding carboxylic acids is 1. The van der Waals surface area contributed by atoms with Crippen molar-refractivity contribution >= 4 is 11.9 Å². The van der Waals surface area contributed by atoms with Crippen LogP contribution in [0, 0.1) is 6.92 Å². The quantitative estimate of drug-likeness (QED) is 0.760. The zero-order valence-electron chi connectivity index (χ0n) is 14.8. The van der Waals surface area contributed by atoms with Crippen LogP contribution in [0.4, 0.5) is 13.2 Å². The summed E-state index contributed by atoms with van der Waals surface area (Å²) in [5.41, 5.74) is -2.23. The molecule has 2 aromatic rings. The molecule has 0 spiro atoms. The molecule has 28 heavy (non-hydrogen) atoms. The molecule has 8 nitrogen and oxygen atoms in total. The summed E-state index contributed by atoms with van der Waals surface area (Å²) in [5.74, 6) is -2.48. The molecule has 0 radical (unpaired) electrons. The van der Waals surface area contributed by atoms with Gasteiger partial charge in [-0.05, 0) is 25.1 Å². The van der Waals surface area contributed by atoms with Crippen molar-refractivity contribution in [1.82, 2.24) is 15.1 Å². The number of aliphatic carboxylic acids is 1. The highest BCUT2D eigenvalue weighted by Crippen LogP contribution is 2.30. The van der Waals surface area contributed by atoms with Crippen molar-refractivity contribution in [3.8, 4) is 5.69 Å². The predicted octanol–water partition coefficient (Wildman–Crippen LogP) is 1.39. The van der Waals surface area contributed by atoms with E-state index < -0.39 is 40.8 Å². The lowest BCUT2D eigenvalue weighted by atomic mass is 10.2. The van der Waals surface area contributed by atoms with Gasteiger partial charge >= 0.3 is 12.1 Å². The molecule has 0 aliphatic carbocycles. The smallest absolute Gasteiger partial charge is 0.416 e. The Morgan fingerprint density at radius 2 is 2.00 bits per heavy atom. The van der Waals surface area contributed by atoms with Crippen molar-refractivity contribution in [3.05, 3.63) is 57.5 Å². The summed E-state index contributed by atoms with van der Waals surface area (Å²) in [6.45, 7) is 1.08. The predicted molar refractivity (Wildman–Crippen MR) is 90.3 cm³/mol. The average molecular weight is 399 g/mol. The van der Waals surface area contributed by atoms with Gasteiger partial charge in [-0.25, -0.2) is 9.48 Å². The summed E-state index contributed by atoms with van der Waals surface area (Å²) in [5, 5.41) is 15.0. The number of aromatic nitrogens is 2. The number of carboxylic acid groups (broad SMARTS) is 1. The van der Waals surface area contributed by atoms with Crippen molar-refractivity contribution in [1.29, 1.82) is 0 Å². The summed E-state index contributed by atoms with van der Waals surface area (Å²) >= 11 is 0. The maximum absolute atomic E-state index is 12.9. The largest absolute Gasteiger partial charge is 0.480 e. The van der Waals surface area contributed by atoms with Crippen LogP contribution in [-0.4, -0.2) is 46.5 Å². The van der Waals surface area contributed by atoms with Crippen molar-refractivity contribution in [2.75, 3.05) is 13.7 Å². The van der Waals surface area contributed by atoms with E-state index in [2.05, 4.69) is 15.2 Å². The summed E-state index contributed by atoms with van der Waals surface area (Å²) in [6.07, 6.45) is -4.59. The normalized spacial score (nSPS) is 12.5. The lowest BCUT2D eigenvalue weighted by Gasteiger charge is -2.15. The number of amides is 1.